The summed E-state index contributed by atoms with van der Waals surface area (Å²) in [6.45, 7) is 1.88. The lowest BCUT2D eigenvalue weighted by Gasteiger charge is -2.34. The van der Waals surface area contributed by atoms with E-state index in [-0.39, 0.29) is 24.3 Å². The lowest BCUT2D eigenvalue weighted by Crippen LogP contribution is -2.42. The van der Waals surface area contributed by atoms with Crippen molar-refractivity contribution in [3.8, 4) is 10.4 Å². The van der Waals surface area contributed by atoms with Gasteiger partial charge in [-0.1, -0.05) is 12.1 Å². The molecule has 3 heterocycles. The number of alkyl halides is 3. The maximum atomic E-state index is 13.0. The topological polar surface area (TPSA) is 113 Å². The zero-order valence-corrected chi connectivity index (χ0v) is 22.4. The van der Waals surface area contributed by atoms with Crippen LogP contribution in [0.15, 0.2) is 61.1 Å². The standard InChI is InChI=1S/C28H27F3N6O2S/c1-17-12-18(14-21(13-17)36-26-33-11-7-23(37-26)28(29,30)31)22-16-34-25(40-22)27(39)8-5-19(6-9-27)35-24(38)15-20-4-2-3-10-32-20/h2-4,7,10-14,16,19,39H,5-6,8-9,15H2,1H3,(H,35,38)(H,33,36,37)/t19-,27-. The minimum atomic E-state index is -4.57. The van der Waals surface area contributed by atoms with E-state index in [1.54, 1.807) is 30.6 Å². The second-order valence-electron chi connectivity index (χ2n) is 9.88. The lowest BCUT2D eigenvalue weighted by molar-refractivity contribution is -0.141. The van der Waals surface area contributed by atoms with Gasteiger partial charge < -0.3 is 15.7 Å². The van der Waals surface area contributed by atoms with Crippen molar-refractivity contribution >= 4 is 28.9 Å². The van der Waals surface area contributed by atoms with E-state index in [0.29, 0.717) is 42.1 Å². The van der Waals surface area contributed by atoms with Crippen molar-refractivity contribution in [3.63, 3.8) is 0 Å². The highest BCUT2D eigenvalue weighted by atomic mass is 32.1. The number of carbonyl (C=O) groups excluding carboxylic acids is 1. The van der Waals surface area contributed by atoms with E-state index >= 15 is 0 Å². The quantitative estimate of drug-likeness (QED) is 0.268. The van der Waals surface area contributed by atoms with Crippen molar-refractivity contribution in [3.05, 3.63) is 83.0 Å². The molecule has 1 amide bonds. The molecule has 1 aliphatic carbocycles. The van der Waals surface area contributed by atoms with Gasteiger partial charge in [0.15, 0.2) is 0 Å². The Balaban J connectivity index is 1.24. The number of hydrogen-bond donors (Lipinski definition) is 3. The number of hydrogen-bond acceptors (Lipinski definition) is 8. The van der Waals surface area contributed by atoms with Gasteiger partial charge in [-0.15, -0.1) is 11.3 Å². The van der Waals surface area contributed by atoms with E-state index in [1.807, 2.05) is 25.1 Å². The van der Waals surface area contributed by atoms with Crippen molar-refractivity contribution in [1.29, 1.82) is 0 Å². The van der Waals surface area contributed by atoms with E-state index in [9.17, 15) is 23.1 Å². The van der Waals surface area contributed by atoms with Gasteiger partial charge in [-0.05, 0) is 74.1 Å². The Labute approximate surface area is 232 Å². The van der Waals surface area contributed by atoms with Crippen LogP contribution in [0.1, 0.15) is 47.6 Å². The number of aromatic nitrogens is 4. The van der Waals surface area contributed by atoms with Crippen molar-refractivity contribution in [2.75, 3.05) is 5.32 Å². The second-order valence-corrected chi connectivity index (χ2v) is 10.9. The number of thiazole rings is 1. The molecule has 3 N–H and O–H groups in total. The highest BCUT2D eigenvalue weighted by Crippen LogP contribution is 2.41. The molecule has 0 atom stereocenters. The van der Waals surface area contributed by atoms with Crippen LogP contribution >= 0.6 is 11.3 Å². The van der Waals surface area contributed by atoms with E-state index in [0.717, 1.165) is 28.3 Å². The van der Waals surface area contributed by atoms with E-state index in [1.165, 1.54) is 11.3 Å². The Hall–Kier alpha value is -3.90. The number of nitrogens with one attached hydrogen (secondary N) is 2. The summed E-state index contributed by atoms with van der Waals surface area (Å²) < 4.78 is 39.1. The fourth-order valence-corrected chi connectivity index (χ4v) is 5.77. The maximum absolute atomic E-state index is 13.0. The van der Waals surface area contributed by atoms with Crippen molar-refractivity contribution in [1.82, 2.24) is 25.3 Å². The van der Waals surface area contributed by atoms with Gasteiger partial charge >= 0.3 is 6.18 Å². The first-order chi connectivity index (χ1) is 19.1. The molecule has 0 radical (unpaired) electrons. The van der Waals surface area contributed by atoms with Gasteiger partial charge in [-0.25, -0.2) is 15.0 Å². The van der Waals surface area contributed by atoms with Crippen molar-refractivity contribution in [2.45, 2.75) is 56.8 Å². The predicted molar refractivity (Wildman–Crippen MR) is 145 cm³/mol. The Morgan fingerprint density at radius 2 is 1.90 bits per heavy atom. The van der Waals surface area contributed by atoms with Crippen LogP contribution < -0.4 is 10.6 Å². The predicted octanol–water partition coefficient (Wildman–Crippen LogP) is 5.56. The van der Waals surface area contributed by atoms with Crippen LogP contribution in [0.5, 0.6) is 0 Å². The third kappa shape index (κ3) is 6.62. The van der Waals surface area contributed by atoms with Gasteiger partial charge in [0.1, 0.15) is 16.3 Å². The molecule has 0 aliphatic heterocycles. The van der Waals surface area contributed by atoms with Crippen molar-refractivity contribution in [2.24, 2.45) is 0 Å². The van der Waals surface area contributed by atoms with Gasteiger partial charge in [0.05, 0.1) is 11.3 Å². The Morgan fingerprint density at radius 1 is 1.10 bits per heavy atom. The van der Waals surface area contributed by atoms with Crippen LogP contribution in [-0.2, 0) is 23.0 Å². The largest absolute Gasteiger partial charge is 0.433 e. The maximum Gasteiger partial charge on any atom is 0.433 e. The first-order valence-electron chi connectivity index (χ1n) is 12.7. The number of aryl methyl sites for hydroxylation is 1. The molecule has 0 unspecified atom stereocenters. The number of halogens is 3. The highest BCUT2D eigenvalue weighted by Gasteiger charge is 2.38. The molecular formula is C28H27F3N6O2S. The summed E-state index contributed by atoms with van der Waals surface area (Å²) in [5, 5.41) is 17.9. The SMILES string of the molecule is Cc1cc(Nc2nccc(C(F)(F)F)n2)cc(-c2cnc([C@]3(O)CC[C@H](NC(=O)Cc4ccccn4)CC3)s2)c1. The summed E-state index contributed by atoms with van der Waals surface area (Å²) in [7, 11) is 0. The second kappa shape index (κ2) is 11.3. The summed E-state index contributed by atoms with van der Waals surface area (Å²) in [5.74, 6) is -0.250. The summed E-state index contributed by atoms with van der Waals surface area (Å²) in [5.41, 5.74) is 0.798. The number of benzene rings is 1. The molecule has 1 fully saturated rings. The molecule has 0 bridgehead atoms. The van der Waals surface area contributed by atoms with E-state index in [4.69, 9.17) is 0 Å². The van der Waals surface area contributed by atoms with Crippen LogP contribution in [-0.4, -0.2) is 37.0 Å². The molecule has 5 rings (SSSR count). The third-order valence-corrected chi connectivity index (χ3v) is 7.95. The first-order valence-corrected chi connectivity index (χ1v) is 13.6. The van der Waals surface area contributed by atoms with Crippen LogP contribution in [0.3, 0.4) is 0 Å². The first kappa shape index (κ1) is 27.7. The molecule has 40 heavy (non-hydrogen) atoms. The number of nitrogens with zero attached hydrogens (tertiary/aromatic N) is 4. The van der Waals surface area contributed by atoms with Gasteiger partial charge in [-0.2, -0.15) is 13.2 Å². The normalized spacial score (nSPS) is 19.3. The molecule has 3 aromatic heterocycles. The molecule has 1 aromatic carbocycles. The minimum Gasteiger partial charge on any atom is -0.383 e. The van der Waals surface area contributed by atoms with E-state index in [2.05, 4.69) is 30.6 Å². The van der Waals surface area contributed by atoms with Crippen LogP contribution in [0.2, 0.25) is 0 Å². The summed E-state index contributed by atoms with van der Waals surface area (Å²) in [6.07, 6.45) is 2.22. The molecule has 0 saturated heterocycles. The number of carbonyl (C=O) groups is 1. The molecule has 4 aromatic rings. The number of pyridine rings is 1. The fraction of sp³-hybridized carbons (Fsp3) is 0.321. The Kier molecular flexibility index (Phi) is 7.81. The van der Waals surface area contributed by atoms with Gasteiger partial charge in [0.2, 0.25) is 11.9 Å². The average molecular weight is 569 g/mol. The molecule has 0 spiro atoms. The third-order valence-electron chi connectivity index (χ3n) is 6.71. The Morgan fingerprint density at radius 3 is 2.62 bits per heavy atom. The smallest absolute Gasteiger partial charge is 0.383 e. The summed E-state index contributed by atoms with van der Waals surface area (Å²) in [6, 6.07) is 11.8. The van der Waals surface area contributed by atoms with Crippen LogP contribution in [0, 0.1) is 6.92 Å². The zero-order chi connectivity index (χ0) is 28.3. The van der Waals surface area contributed by atoms with Gasteiger partial charge in [0, 0.05) is 36.0 Å². The monoisotopic (exact) mass is 568 g/mol. The average Bonchev–Trinajstić information content (AvgIpc) is 3.42. The molecule has 1 aliphatic rings. The van der Waals surface area contributed by atoms with Crippen LogP contribution in [0.4, 0.5) is 24.8 Å². The summed E-state index contributed by atoms with van der Waals surface area (Å²) in [4.78, 5) is 29.4. The van der Waals surface area contributed by atoms with Gasteiger partial charge in [-0.3, -0.25) is 9.78 Å². The number of amides is 1. The molecule has 208 valence electrons. The number of rotatable bonds is 7. The molecule has 1 saturated carbocycles. The summed E-state index contributed by atoms with van der Waals surface area (Å²) >= 11 is 1.37. The Bertz CT molecular complexity index is 1490. The van der Waals surface area contributed by atoms with Crippen molar-refractivity contribution < 1.29 is 23.1 Å². The molecule has 12 heteroatoms. The van der Waals surface area contributed by atoms with Crippen LogP contribution in [0.25, 0.3) is 10.4 Å². The lowest BCUT2D eigenvalue weighted by atomic mass is 9.82. The van der Waals surface area contributed by atoms with Gasteiger partial charge in [0.25, 0.3) is 0 Å². The fourth-order valence-electron chi connectivity index (χ4n) is 4.73. The number of aliphatic hydroxyl groups is 1. The number of anilines is 2. The minimum absolute atomic E-state index is 0.0283. The highest BCUT2D eigenvalue weighted by molar-refractivity contribution is 7.15. The molecule has 8 nitrogen and oxygen atoms in total. The van der Waals surface area contributed by atoms with E-state index < -0.39 is 17.5 Å². The zero-order valence-electron chi connectivity index (χ0n) is 21.6. The molecular weight excluding hydrogens is 541 g/mol.